The Balaban J connectivity index is 1.92. The predicted octanol–water partition coefficient (Wildman–Crippen LogP) is 4.10. The van der Waals surface area contributed by atoms with Crippen LogP contribution in [0.15, 0.2) is 82.9 Å². The Morgan fingerprint density at radius 2 is 1.77 bits per heavy atom. The topological polar surface area (TPSA) is 74.1 Å². The lowest BCUT2D eigenvalue weighted by molar-refractivity contribution is -0.140. The van der Waals surface area contributed by atoms with E-state index < -0.39 is 11.2 Å². The summed E-state index contributed by atoms with van der Waals surface area (Å²) in [7, 11) is 1.35. The zero-order chi connectivity index (χ0) is 21.1. The molecule has 4 aromatic rings. The molecule has 7 heteroatoms. The van der Waals surface area contributed by atoms with Crippen LogP contribution in [0.25, 0.3) is 16.7 Å². The van der Waals surface area contributed by atoms with E-state index in [0.29, 0.717) is 21.9 Å². The van der Waals surface area contributed by atoms with E-state index in [0.717, 1.165) is 11.1 Å². The minimum absolute atomic E-state index is 0.240. The summed E-state index contributed by atoms with van der Waals surface area (Å²) < 4.78 is 6.48. The Kier molecular flexibility index (Phi) is 5.63. The third-order valence-electron chi connectivity index (χ3n) is 4.61. The second-order valence-electron chi connectivity index (χ2n) is 6.68. The number of esters is 1. The van der Waals surface area contributed by atoms with E-state index in [4.69, 9.17) is 9.72 Å². The molecule has 0 aliphatic rings. The van der Waals surface area contributed by atoms with E-state index in [2.05, 4.69) is 4.98 Å². The lowest BCUT2D eigenvalue weighted by Gasteiger charge is -2.17. The summed E-state index contributed by atoms with van der Waals surface area (Å²) in [6, 6.07) is 20.1. The summed E-state index contributed by atoms with van der Waals surface area (Å²) in [5.74, 6) is 0.0278. The number of thioether (sulfide) groups is 1. The molecule has 0 bridgehead atoms. The van der Waals surface area contributed by atoms with Crippen molar-refractivity contribution in [2.45, 2.75) is 17.3 Å². The van der Waals surface area contributed by atoms with Gasteiger partial charge in [-0.15, -0.1) is 0 Å². The lowest BCUT2D eigenvalue weighted by Crippen LogP contribution is -2.23. The molecule has 4 rings (SSSR count). The highest BCUT2D eigenvalue weighted by Gasteiger charge is 2.26. The first kappa shape index (κ1) is 19.8. The Hall–Kier alpha value is -3.45. The minimum atomic E-state index is -0.680. The quantitative estimate of drug-likeness (QED) is 0.277. The van der Waals surface area contributed by atoms with Crippen LogP contribution in [-0.2, 0) is 9.53 Å². The minimum Gasteiger partial charge on any atom is -0.468 e. The van der Waals surface area contributed by atoms with Gasteiger partial charge in [0, 0.05) is 6.20 Å². The van der Waals surface area contributed by atoms with Crippen molar-refractivity contribution in [3.63, 3.8) is 0 Å². The van der Waals surface area contributed by atoms with E-state index in [1.807, 2.05) is 49.4 Å². The number of para-hydroxylation sites is 1. The fraction of sp³-hybridized carbons (Fsp3) is 0.130. The van der Waals surface area contributed by atoms with Crippen LogP contribution in [0.4, 0.5) is 0 Å². The molecule has 150 valence electrons. The molecule has 0 aliphatic carbocycles. The highest BCUT2D eigenvalue weighted by molar-refractivity contribution is 8.00. The summed E-state index contributed by atoms with van der Waals surface area (Å²) in [5, 5.41) is 0.175. The smallest absolute Gasteiger partial charge is 0.323 e. The molecule has 0 aliphatic heterocycles. The van der Waals surface area contributed by atoms with Crippen LogP contribution in [0.1, 0.15) is 16.4 Å². The molecule has 0 amide bonds. The fourth-order valence-electron chi connectivity index (χ4n) is 3.08. The van der Waals surface area contributed by atoms with Crippen molar-refractivity contribution in [1.29, 1.82) is 0 Å². The van der Waals surface area contributed by atoms with Crippen molar-refractivity contribution in [1.82, 2.24) is 14.5 Å². The molecule has 2 heterocycles. The van der Waals surface area contributed by atoms with Crippen molar-refractivity contribution in [3.8, 4) is 5.82 Å². The molecule has 0 saturated carbocycles. The molecule has 0 N–H and O–H groups in total. The molecule has 1 atom stereocenters. The van der Waals surface area contributed by atoms with Gasteiger partial charge in [0.1, 0.15) is 11.1 Å². The van der Waals surface area contributed by atoms with Gasteiger partial charge in [0.25, 0.3) is 5.56 Å². The zero-order valence-electron chi connectivity index (χ0n) is 16.5. The van der Waals surface area contributed by atoms with Crippen LogP contribution in [0.5, 0.6) is 0 Å². The molecular formula is C23H19N3O3S. The van der Waals surface area contributed by atoms with Crippen LogP contribution in [0, 0.1) is 6.92 Å². The maximum Gasteiger partial charge on any atom is 0.323 e. The first-order valence-electron chi connectivity index (χ1n) is 9.33. The first-order valence-corrected chi connectivity index (χ1v) is 10.2. The number of carbonyl (C=O) groups is 1. The van der Waals surface area contributed by atoms with Gasteiger partial charge in [-0.05, 0) is 36.2 Å². The number of fused-ring (bicyclic) bond motifs is 1. The molecule has 2 aromatic heterocycles. The molecular weight excluding hydrogens is 398 g/mol. The Labute approximate surface area is 177 Å². The average molecular weight is 417 g/mol. The van der Waals surface area contributed by atoms with Gasteiger partial charge in [-0.25, -0.2) is 14.5 Å². The van der Waals surface area contributed by atoms with Gasteiger partial charge in [0.15, 0.2) is 5.16 Å². The van der Waals surface area contributed by atoms with Gasteiger partial charge in [0.2, 0.25) is 0 Å². The largest absolute Gasteiger partial charge is 0.468 e. The van der Waals surface area contributed by atoms with Crippen LogP contribution in [0.2, 0.25) is 0 Å². The summed E-state index contributed by atoms with van der Waals surface area (Å²) >= 11 is 1.17. The Bertz CT molecular complexity index is 1250. The van der Waals surface area contributed by atoms with Crippen molar-refractivity contribution in [2.24, 2.45) is 0 Å². The van der Waals surface area contributed by atoms with E-state index in [1.165, 1.54) is 23.4 Å². The van der Waals surface area contributed by atoms with Crippen molar-refractivity contribution in [3.05, 3.63) is 94.4 Å². The molecule has 30 heavy (non-hydrogen) atoms. The van der Waals surface area contributed by atoms with Crippen LogP contribution < -0.4 is 5.56 Å². The van der Waals surface area contributed by atoms with Gasteiger partial charge in [0.05, 0.1) is 18.0 Å². The summed E-state index contributed by atoms with van der Waals surface area (Å²) in [6.07, 6.45) is 1.69. The number of aromatic nitrogens is 3. The molecule has 0 fully saturated rings. The number of aryl methyl sites for hydroxylation is 1. The number of ether oxygens (including phenoxy) is 1. The maximum absolute atomic E-state index is 13.3. The second kappa shape index (κ2) is 8.51. The van der Waals surface area contributed by atoms with E-state index in [1.54, 1.807) is 30.5 Å². The molecule has 2 aromatic carbocycles. The maximum atomic E-state index is 13.3. The standard InChI is InChI=1S/C23H19N3O3S/c1-15-12-13-19(24-14-15)26-21(27)17-10-6-7-11-18(17)25-23(26)30-20(22(28)29-2)16-8-4-3-5-9-16/h3-14,20H,1-2H3. The molecule has 6 nitrogen and oxygen atoms in total. The lowest BCUT2D eigenvalue weighted by atomic mass is 10.1. The van der Waals surface area contributed by atoms with Crippen LogP contribution >= 0.6 is 11.8 Å². The summed E-state index contributed by atoms with van der Waals surface area (Å²) in [5.41, 5.74) is 2.06. The van der Waals surface area contributed by atoms with Gasteiger partial charge in [-0.1, -0.05) is 60.3 Å². The third-order valence-corrected chi connectivity index (χ3v) is 5.80. The number of methoxy groups -OCH3 is 1. The fourth-order valence-corrected chi connectivity index (χ4v) is 4.21. The van der Waals surface area contributed by atoms with Gasteiger partial charge < -0.3 is 4.74 Å². The van der Waals surface area contributed by atoms with Crippen molar-refractivity contribution in [2.75, 3.05) is 7.11 Å². The van der Waals surface area contributed by atoms with E-state index in [9.17, 15) is 9.59 Å². The number of hydrogen-bond donors (Lipinski definition) is 0. The first-order chi connectivity index (χ1) is 14.6. The van der Waals surface area contributed by atoms with Gasteiger partial charge in [-0.3, -0.25) is 9.59 Å². The van der Waals surface area contributed by atoms with E-state index >= 15 is 0 Å². The zero-order valence-corrected chi connectivity index (χ0v) is 17.3. The third kappa shape index (κ3) is 3.84. The number of hydrogen-bond acceptors (Lipinski definition) is 6. The SMILES string of the molecule is COC(=O)C(Sc1nc2ccccc2c(=O)n1-c1ccc(C)cn1)c1ccccc1. The summed E-state index contributed by atoms with van der Waals surface area (Å²) in [4.78, 5) is 35.0. The van der Waals surface area contributed by atoms with Crippen molar-refractivity contribution < 1.29 is 9.53 Å². The van der Waals surface area contributed by atoms with Gasteiger partial charge >= 0.3 is 5.97 Å². The highest BCUT2D eigenvalue weighted by atomic mass is 32.2. The number of carbonyl (C=O) groups excluding carboxylic acids is 1. The van der Waals surface area contributed by atoms with Gasteiger partial charge in [-0.2, -0.15) is 0 Å². The predicted molar refractivity (Wildman–Crippen MR) is 117 cm³/mol. The molecule has 0 spiro atoms. The number of rotatable bonds is 5. The second-order valence-corrected chi connectivity index (χ2v) is 7.75. The number of benzene rings is 2. The Morgan fingerprint density at radius 3 is 2.47 bits per heavy atom. The molecule has 0 saturated heterocycles. The monoisotopic (exact) mass is 417 g/mol. The molecule has 1 unspecified atom stereocenters. The highest BCUT2D eigenvalue weighted by Crippen LogP contribution is 2.36. The number of nitrogens with zero attached hydrogens (tertiary/aromatic N) is 3. The number of pyridine rings is 1. The average Bonchev–Trinajstić information content (AvgIpc) is 2.78. The normalized spacial score (nSPS) is 11.9. The summed E-state index contributed by atoms with van der Waals surface area (Å²) in [6.45, 7) is 1.93. The Morgan fingerprint density at radius 1 is 1.03 bits per heavy atom. The molecule has 0 radical (unpaired) electrons. The van der Waals surface area contributed by atoms with Crippen LogP contribution in [-0.4, -0.2) is 27.6 Å². The van der Waals surface area contributed by atoms with Crippen molar-refractivity contribution >= 4 is 28.6 Å². The van der Waals surface area contributed by atoms with Crippen LogP contribution in [0.3, 0.4) is 0 Å². The van der Waals surface area contributed by atoms with E-state index in [-0.39, 0.29) is 5.56 Å².